The number of aliphatic carboxylic acids is 1. The van der Waals surface area contributed by atoms with Gasteiger partial charge in [-0.1, -0.05) is 25.5 Å². The van der Waals surface area contributed by atoms with Crippen LogP contribution in [0.2, 0.25) is 0 Å². The van der Waals surface area contributed by atoms with Crippen LogP contribution in [-0.4, -0.2) is 31.9 Å². The van der Waals surface area contributed by atoms with Gasteiger partial charge in [0.1, 0.15) is 5.84 Å². The van der Waals surface area contributed by atoms with Gasteiger partial charge in [-0.25, -0.2) is 8.42 Å². The monoisotopic (exact) mass is 296 g/mol. The van der Waals surface area contributed by atoms with Crippen molar-refractivity contribution in [2.75, 3.05) is 6.54 Å². The Labute approximate surface area is 117 Å². The van der Waals surface area contributed by atoms with Crippen molar-refractivity contribution in [1.29, 1.82) is 0 Å². The molecule has 0 saturated carbocycles. The van der Waals surface area contributed by atoms with Crippen LogP contribution in [0.4, 0.5) is 0 Å². The summed E-state index contributed by atoms with van der Waals surface area (Å²) in [5.74, 6) is -0.675. The average Bonchev–Trinajstić information content (AvgIpc) is 2.66. The third-order valence-corrected chi connectivity index (χ3v) is 4.61. The summed E-state index contributed by atoms with van der Waals surface area (Å²) in [6.45, 7) is 2.18. The Kier molecular flexibility index (Phi) is 4.08. The minimum Gasteiger partial charge on any atom is -0.481 e. The van der Waals surface area contributed by atoms with Gasteiger partial charge in [0.2, 0.25) is 0 Å². The van der Waals surface area contributed by atoms with Gasteiger partial charge in [-0.3, -0.25) is 14.5 Å². The molecule has 0 saturated heterocycles. The number of rotatable bonds is 5. The quantitative estimate of drug-likeness (QED) is 0.854. The maximum Gasteiger partial charge on any atom is 0.303 e. The third-order valence-electron chi connectivity index (χ3n) is 3.21. The molecule has 0 bridgehead atoms. The van der Waals surface area contributed by atoms with Crippen molar-refractivity contribution in [3.8, 4) is 0 Å². The predicted octanol–water partition coefficient (Wildman–Crippen LogP) is 1.23. The number of carbonyl (C=O) groups is 1. The Hall–Kier alpha value is -1.89. The van der Waals surface area contributed by atoms with E-state index in [0.29, 0.717) is 17.8 Å². The highest BCUT2D eigenvalue weighted by atomic mass is 32.2. The van der Waals surface area contributed by atoms with Crippen molar-refractivity contribution >= 4 is 21.8 Å². The third kappa shape index (κ3) is 2.98. The molecule has 1 aliphatic heterocycles. The van der Waals surface area contributed by atoms with Crippen LogP contribution in [0.5, 0.6) is 0 Å². The predicted molar refractivity (Wildman–Crippen MR) is 74.2 cm³/mol. The van der Waals surface area contributed by atoms with E-state index < -0.39 is 16.0 Å². The van der Waals surface area contributed by atoms with E-state index >= 15 is 0 Å². The van der Waals surface area contributed by atoms with E-state index in [4.69, 9.17) is 5.11 Å². The fourth-order valence-electron chi connectivity index (χ4n) is 2.06. The Balaban J connectivity index is 2.23. The Morgan fingerprint density at radius 2 is 2.10 bits per heavy atom. The number of carboxylic acid groups (broad SMARTS) is 1. The molecule has 20 heavy (non-hydrogen) atoms. The number of nitrogens with zero attached hydrogens (tertiary/aromatic N) is 1. The van der Waals surface area contributed by atoms with Crippen molar-refractivity contribution in [3.05, 3.63) is 29.8 Å². The van der Waals surface area contributed by atoms with Gasteiger partial charge < -0.3 is 5.11 Å². The molecule has 0 amide bonds. The van der Waals surface area contributed by atoms with Gasteiger partial charge in [-0.05, 0) is 18.1 Å². The molecule has 2 N–H and O–H groups in total. The highest BCUT2D eigenvalue weighted by Crippen LogP contribution is 2.22. The second kappa shape index (κ2) is 5.62. The van der Waals surface area contributed by atoms with E-state index in [0.717, 1.165) is 0 Å². The molecule has 0 spiro atoms. The molecule has 0 fully saturated rings. The number of fused-ring (bicyclic) bond motifs is 1. The summed E-state index contributed by atoms with van der Waals surface area (Å²) in [5.41, 5.74) is 0.540. The van der Waals surface area contributed by atoms with Crippen LogP contribution >= 0.6 is 0 Å². The molecule has 1 aliphatic rings. The first kappa shape index (κ1) is 14.5. The molecule has 1 atom stereocenters. The fourth-order valence-corrected chi connectivity index (χ4v) is 3.31. The minimum absolute atomic E-state index is 0.0294. The van der Waals surface area contributed by atoms with Gasteiger partial charge in [-0.2, -0.15) is 0 Å². The van der Waals surface area contributed by atoms with Crippen LogP contribution in [0.3, 0.4) is 0 Å². The zero-order chi connectivity index (χ0) is 14.8. The largest absolute Gasteiger partial charge is 0.481 e. The van der Waals surface area contributed by atoms with E-state index in [-0.39, 0.29) is 23.8 Å². The molecule has 0 radical (unpaired) electrons. The normalized spacial score (nSPS) is 19.4. The summed E-state index contributed by atoms with van der Waals surface area (Å²) in [4.78, 5) is 15.2. The molecule has 7 heteroatoms. The zero-order valence-corrected chi connectivity index (χ0v) is 11.9. The maximum absolute atomic E-state index is 11.9. The number of aliphatic imine (C=N–C) groups is 1. The molecule has 2 rings (SSSR count). The summed E-state index contributed by atoms with van der Waals surface area (Å²) in [7, 11) is -3.53. The second-order valence-electron chi connectivity index (χ2n) is 4.66. The van der Waals surface area contributed by atoms with E-state index in [1.807, 2.05) is 6.92 Å². The highest BCUT2D eigenvalue weighted by Gasteiger charge is 2.30. The van der Waals surface area contributed by atoms with Crippen molar-refractivity contribution < 1.29 is 18.3 Å². The van der Waals surface area contributed by atoms with Crippen molar-refractivity contribution in [3.63, 3.8) is 0 Å². The van der Waals surface area contributed by atoms with Gasteiger partial charge in [0.05, 0.1) is 4.90 Å². The Morgan fingerprint density at radius 3 is 2.75 bits per heavy atom. The Bertz CT molecular complexity index is 652. The van der Waals surface area contributed by atoms with Crippen LogP contribution < -0.4 is 4.72 Å². The molecule has 0 aromatic heterocycles. The molecule has 1 aromatic carbocycles. The van der Waals surface area contributed by atoms with Gasteiger partial charge in [0.15, 0.2) is 0 Å². The molecule has 1 heterocycles. The molecule has 6 nitrogen and oxygen atoms in total. The summed E-state index contributed by atoms with van der Waals surface area (Å²) < 4.78 is 26.1. The number of carboxylic acids is 1. The number of hydrogen-bond donors (Lipinski definition) is 2. The number of amidine groups is 1. The number of benzene rings is 1. The van der Waals surface area contributed by atoms with Gasteiger partial charge in [-0.15, -0.1) is 0 Å². The Morgan fingerprint density at radius 1 is 1.40 bits per heavy atom. The van der Waals surface area contributed by atoms with Crippen LogP contribution in [0.15, 0.2) is 34.2 Å². The van der Waals surface area contributed by atoms with E-state index in [9.17, 15) is 13.2 Å². The molecule has 0 aliphatic carbocycles. The molecular formula is C13H16N2O4S. The lowest BCUT2D eigenvalue weighted by molar-refractivity contribution is -0.138. The van der Waals surface area contributed by atoms with Crippen molar-refractivity contribution in [2.24, 2.45) is 10.9 Å². The highest BCUT2D eigenvalue weighted by molar-refractivity contribution is 7.90. The van der Waals surface area contributed by atoms with Crippen molar-refractivity contribution in [1.82, 2.24) is 4.72 Å². The topological polar surface area (TPSA) is 95.8 Å². The molecular weight excluding hydrogens is 280 g/mol. The van der Waals surface area contributed by atoms with E-state index in [1.54, 1.807) is 18.2 Å². The summed E-state index contributed by atoms with van der Waals surface area (Å²) >= 11 is 0. The van der Waals surface area contributed by atoms with E-state index in [2.05, 4.69) is 9.71 Å². The van der Waals surface area contributed by atoms with Crippen molar-refractivity contribution in [2.45, 2.75) is 24.7 Å². The maximum atomic E-state index is 11.9. The first-order valence-corrected chi connectivity index (χ1v) is 7.81. The van der Waals surface area contributed by atoms with Gasteiger partial charge in [0.25, 0.3) is 10.0 Å². The van der Waals surface area contributed by atoms with Crippen LogP contribution in [-0.2, 0) is 14.8 Å². The van der Waals surface area contributed by atoms with Crippen LogP contribution in [0, 0.1) is 5.92 Å². The first-order valence-electron chi connectivity index (χ1n) is 6.32. The van der Waals surface area contributed by atoms with Gasteiger partial charge in [0, 0.05) is 18.5 Å². The number of nitrogens with one attached hydrogen (secondary N) is 1. The smallest absolute Gasteiger partial charge is 0.303 e. The average molecular weight is 296 g/mol. The van der Waals surface area contributed by atoms with Crippen LogP contribution in [0.1, 0.15) is 25.3 Å². The molecule has 1 unspecified atom stereocenters. The van der Waals surface area contributed by atoms with Gasteiger partial charge >= 0.3 is 5.97 Å². The fraction of sp³-hybridized carbons (Fsp3) is 0.385. The summed E-state index contributed by atoms with van der Waals surface area (Å²) in [6, 6.07) is 6.60. The lowest BCUT2D eigenvalue weighted by Gasteiger charge is -2.09. The minimum atomic E-state index is -3.53. The SMILES string of the molecule is CCC(CN=C1NS(=O)(=O)c2ccccc21)CC(=O)O. The number of sulfonamides is 1. The molecule has 108 valence electrons. The number of hydrogen-bond acceptors (Lipinski definition) is 4. The first-order chi connectivity index (χ1) is 9.44. The van der Waals surface area contributed by atoms with E-state index in [1.165, 1.54) is 6.07 Å². The molecule has 1 aromatic rings. The lowest BCUT2D eigenvalue weighted by Crippen LogP contribution is -2.23. The van der Waals surface area contributed by atoms with Crippen LogP contribution in [0.25, 0.3) is 0 Å². The standard InChI is InChI=1S/C13H16N2O4S/c1-2-9(7-12(16)17)8-14-13-10-5-3-4-6-11(10)20(18,19)15-13/h3-6,9H,2,7-8H2,1H3,(H,14,15)(H,16,17). The zero-order valence-electron chi connectivity index (χ0n) is 11.0. The summed E-state index contributed by atoms with van der Waals surface area (Å²) in [6.07, 6.45) is 0.707. The lowest BCUT2D eigenvalue weighted by atomic mass is 10.0. The second-order valence-corrected chi connectivity index (χ2v) is 6.31. The summed E-state index contributed by atoms with van der Waals surface area (Å²) in [5, 5.41) is 8.79.